The Bertz CT molecular complexity index is 1330. The van der Waals surface area contributed by atoms with E-state index < -0.39 is 72.0 Å². The zero-order chi connectivity index (χ0) is 27.5. The molecule has 11 nitrogen and oxygen atoms in total. The van der Waals surface area contributed by atoms with Gasteiger partial charge in [0, 0.05) is 41.1 Å². The largest absolute Gasteiger partial charge is 0.507 e. The van der Waals surface area contributed by atoms with Crippen molar-refractivity contribution in [3.8, 4) is 17.2 Å². The van der Waals surface area contributed by atoms with Gasteiger partial charge in [-0.3, -0.25) is 14.4 Å². The minimum atomic E-state index is -1.02. The minimum absolute atomic E-state index is 0.0202. The number of methoxy groups -OCH3 is 1. The van der Waals surface area contributed by atoms with Crippen LogP contribution in [0.3, 0.4) is 0 Å². The van der Waals surface area contributed by atoms with Crippen LogP contribution in [0.25, 0.3) is 0 Å². The molecule has 3 aliphatic rings. The zero-order valence-corrected chi connectivity index (χ0v) is 21.0. The lowest BCUT2D eigenvalue weighted by molar-refractivity contribution is -0.224. The summed E-state index contributed by atoms with van der Waals surface area (Å²) in [5.41, 5.74) is 11.7. The van der Waals surface area contributed by atoms with Gasteiger partial charge in [0.05, 0.1) is 36.0 Å². The highest BCUT2D eigenvalue weighted by molar-refractivity contribution is 6.31. The molecule has 202 valence electrons. The van der Waals surface area contributed by atoms with Crippen molar-refractivity contribution in [3.63, 3.8) is 0 Å². The quantitative estimate of drug-likeness (QED) is 0.296. The number of fused-ring (bicyclic) bond motifs is 3. The number of aliphatic hydroxyl groups excluding tert-OH is 1. The molecule has 2 aromatic rings. The summed E-state index contributed by atoms with van der Waals surface area (Å²) in [4.78, 5) is 39.7. The number of aliphatic hydroxyl groups is 1. The Morgan fingerprint density at radius 3 is 2.45 bits per heavy atom. The molecule has 7 N–H and O–H groups in total. The number of phenolic OH excluding ortho intramolecular Hbond substituents is 2. The van der Waals surface area contributed by atoms with Gasteiger partial charge in [0.1, 0.15) is 23.9 Å². The molecule has 0 saturated carbocycles. The standard InChI is InChI=1S/C27H30N2O9/c1-10-23(29)14(28)8-18(37-10)38-17-7-11(15(31)9-30)6-13-20(17)27(35)22-21(25(13)33)24(32)12-4-3-5-16(36-2)19(12)26(22)34/h3-5,10-11,14,17-18,23,30,33,35H,6-9,28-29H2,1-2H3/t10-,11+,14-,17?,18-,23-/m0/s1. The summed E-state index contributed by atoms with van der Waals surface area (Å²) in [6.07, 6.45) is -2.10. The van der Waals surface area contributed by atoms with Crippen molar-refractivity contribution in [1.82, 2.24) is 0 Å². The van der Waals surface area contributed by atoms with Crippen LogP contribution in [0, 0.1) is 5.92 Å². The molecule has 1 heterocycles. The van der Waals surface area contributed by atoms with Crippen LogP contribution < -0.4 is 16.2 Å². The van der Waals surface area contributed by atoms with Crippen molar-refractivity contribution < 1.29 is 43.9 Å². The molecule has 0 aromatic heterocycles. The van der Waals surface area contributed by atoms with Crippen LogP contribution in [-0.2, 0) is 20.7 Å². The number of carbonyl (C=O) groups excluding carboxylic acids is 3. The van der Waals surface area contributed by atoms with Gasteiger partial charge in [-0.1, -0.05) is 12.1 Å². The lowest BCUT2D eigenvalue weighted by Gasteiger charge is -2.40. The summed E-state index contributed by atoms with van der Waals surface area (Å²) in [5.74, 6) is -3.51. The van der Waals surface area contributed by atoms with Crippen molar-refractivity contribution in [1.29, 1.82) is 0 Å². The van der Waals surface area contributed by atoms with Crippen molar-refractivity contribution in [3.05, 3.63) is 51.6 Å². The van der Waals surface area contributed by atoms with E-state index in [9.17, 15) is 29.7 Å². The number of carbonyl (C=O) groups is 3. The highest BCUT2D eigenvalue weighted by atomic mass is 16.7. The van der Waals surface area contributed by atoms with E-state index in [2.05, 4.69) is 0 Å². The zero-order valence-electron chi connectivity index (χ0n) is 21.0. The minimum Gasteiger partial charge on any atom is -0.507 e. The van der Waals surface area contributed by atoms with Crippen LogP contribution in [-0.4, -0.2) is 70.9 Å². The second-order valence-corrected chi connectivity index (χ2v) is 10.0. The number of Topliss-reactive ketones (excluding diaryl/α,β-unsaturated/α-hetero) is 1. The molecule has 11 heteroatoms. The Hall–Kier alpha value is -3.35. The molecule has 0 amide bonds. The first-order chi connectivity index (χ1) is 18.1. The van der Waals surface area contributed by atoms with Crippen molar-refractivity contribution in [2.24, 2.45) is 17.4 Å². The third kappa shape index (κ3) is 3.98. The van der Waals surface area contributed by atoms with Gasteiger partial charge in [-0.2, -0.15) is 0 Å². The summed E-state index contributed by atoms with van der Waals surface area (Å²) in [7, 11) is 1.36. The predicted molar refractivity (Wildman–Crippen MR) is 132 cm³/mol. The number of rotatable bonds is 5. The molecular weight excluding hydrogens is 496 g/mol. The number of ether oxygens (including phenoxy) is 3. The van der Waals surface area contributed by atoms with Gasteiger partial charge in [0.15, 0.2) is 17.9 Å². The van der Waals surface area contributed by atoms with Gasteiger partial charge in [-0.25, -0.2) is 0 Å². The average Bonchev–Trinajstić information content (AvgIpc) is 2.90. The van der Waals surface area contributed by atoms with Crippen molar-refractivity contribution in [2.75, 3.05) is 13.7 Å². The van der Waals surface area contributed by atoms with Crippen LogP contribution in [0.15, 0.2) is 18.2 Å². The number of phenols is 2. The molecule has 1 unspecified atom stereocenters. The molecule has 1 saturated heterocycles. The van der Waals surface area contributed by atoms with E-state index in [-0.39, 0.29) is 58.4 Å². The van der Waals surface area contributed by atoms with E-state index in [1.54, 1.807) is 13.0 Å². The summed E-state index contributed by atoms with van der Waals surface area (Å²) < 4.78 is 17.3. The van der Waals surface area contributed by atoms with Crippen LogP contribution in [0.1, 0.15) is 68.8 Å². The van der Waals surface area contributed by atoms with Crippen molar-refractivity contribution in [2.45, 2.75) is 56.8 Å². The number of hydrogen-bond donors (Lipinski definition) is 5. The van der Waals surface area contributed by atoms with Crippen molar-refractivity contribution >= 4 is 17.3 Å². The van der Waals surface area contributed by atoms with Gasteiger partial charge in [0.25, 0.3) is 0 Å². The van der Waals surface area contributed by atoms with E-state index in [0.717, 1.165) is 0 Å². The maximum atomic E-state index is 13.6. The van der Waals surface area contributed by atoms with Crippen LogP contribution in [0.4, 0.5) is 0 Å². The molecule has 0 bridgehead atoms. The lowest BCUT2D eigenvalue weighted by Crippen LogP contribution is -2.56. The lowest BCUT2D eigenvalue weighted by atomic mass is 9.73. The molecule has 0 radical (unpaired) electrons. The second-order valence-electron chi connectivity index (χ2n) is 10.0. The predicted octanol–water partition coefficient (Wildman–Crippen LogP) is 0.853. The normalized spacial score (nSPS) is 28.3. The fourth-order valence-corrected chi connectivity index (χ4v) is 5.76. The van der Waals surface area contributed by atoms with E-state index in [0.29, 0.717) is 0 Å². The Morgan fingerprint density at radius 1 is 1.08 bits per heavy atom. The van der Waals surface area contributed by atoms with Gasteiger partial charge >= 0.3 is 0 Å². The summed E-state index contributed by atoms with van der Waals surface area (Å²) >= 11 is 0. The molecule has 2 aromatic carbocycles. The third-order valence-electron chi connectivity index (χ3n) is 7.83. The SMILES string of the molecule is COc1cccc2c1C(=O)c1c(O)c3c(c(O)c1C2=O)C[C@@H](C(=O)CO)CC3O[C@H]1C[C@H](N)[C@@H](N)[C@H](C)O1. The molecule has 1 aliphatic heterocycles. The Balaban J connectivity index is 1.65. The van der Waals surface area contributed by atoms with E-state index >= 15 is 0 Å². The van der Waals surface area contributed by atoms with E-state index in [1.807, 2.05) is 0 Å². The fourth-order valence-electron chi connectivity index (χ4n) is 5.76. The second kappa shape index (κ2) is 9.75. The Kier molecular flexibility index (Phi) is 6.74. The first-order valence-electron chi connectivity index (χ1n) is 12.4. The summed E-state index contributed by atoms with van der Waals surface area (Å²) in [5, 5.41) is 32.4. The monoisotopic (exact) mass is 526 g/mol. The van der Waals surface area contributed by atoms with Gasteiger partial charge < -0.3 is 41.0 Å². The first kappa shape index (κ1) is 26.3. The molecule has 5 rings (SSSR count). The number of nitrogens with two attached hydrogens (primary N) is 2. The molecule has 2 aliphatic carbocycles. The van der Waals surface area contributed by atoms with Crippen LogP contribution >= 0.6 is 0 Å². The number of benzene rings is 2. The van der Waals surface area contributed by atoms with Gasteiger partial charge in [-0.15, -0.1) is 0 Å². The van der Waals surface area contributed by atoms with Crippen LogP contribution in [0.2, 0.25) is 0 Å². The fraction of sp³-hybridized carbons (Fsp3) is 0.444. The highest BCUT2D eigenvalue weighted by Crippen LogP contribution is 2.51. The van der Waals surface area contributed by atoms with E-state index in [1.165, 1.54) is 19.2 Å². The van der Waals surface area contributed by atoms with Gasteiger partial charge in [0.2, 0.25) is 5.78 Å². The molecule has 0 spiro atoms. The summed E-state index contributed by atoms with van der Waals surface area (Å²) in [6, 6.07) is 3.66. The Morgan fingerprint density at radius 2 is 1.79 bits per heavy atom. The van der Waals surface area contributed by atoms with E-state index in [4.69, 9.17) is 25.7 Å². The average molecular weight is 527 g/mol. The first-order valence-corrected chi connectivity index (χ1v) is 12.4. The number of aromatic hydroxyl groups is 2. The topological polar surface area (TPSA) is 192 Å². The number of hydrogen-bond acceptors (Lipinski definition) is 11. The molecule has 1 fully saturated rings. The maximum absolute atomic E-state index is 13.6. The summed E-state index contributed by atoms with van der Waals surface area (Å²) in [6.45, 7) is 1.02. The Labute approximate surface area is 218 Å². The molecule has 38 heavy (non-hydrogen) atoms. The molecule has 6 atom stereocenters. The number of ketones is 3. The van der Waals surface area contributed by atoms with Crippen LogP contribution in [0.5, 0.6) is 17.2 Å². The smallest absolute Gasteiger partial charge is 0.202 e. The molecular formula is C27H30N2O9. The third-order valence-corrected chi connectivity index (χ3v) is 7.83. The van der Waals surface area contributed by atoms with Gasteiger partial charge in [-0.05, 0) is 25.8 Å². The maximum Gasteiger partial charge on any atom is 0.202 e. The highest BCUT2D eigenvalue weighted by Gasteiger charge is 2.45.